The van der Waals surface area contributed by atoms with Crippen LogP contribution in [0.15, 0.2) is 88.3 Å². The molecule has 2 fully saturated rings. The second kappa shape index (κ2) is 20.4. The van der Waals surface area contributed by atoms with Gasteiger partial charge in [-0.1, -0.05) is 67.5 Å². The van der Waals surface area contributed by atoms with Gasteiger partial charge in [0.15, 0.2) is 5.76 Å². The zero-order chi connectivity index (χ0) is 50.3. The van der Waals surface area contributed by atoms with E-state index in [0.717, 1.165) is 43.4 Å². The van der Waals surface area contributed by atoms with E-state index in [9.17, 15) is 24.0 Å². The van der Waals surface area contributed by atoms with Crippen LogP contribution < -0.4 is 15.4 Å². The molecule has 9 rings (SSSR count). The number of carbonyl (C=O) groups excluding carboxylic acids is 5. The Labute approximate surface area is 426 Å². The Kier molecular flexibility index (Phi) is 14.2. The highest BCUT2D eigenvalue weighted by Gasteiger charge is 2.48. The van der Waals surface area contributed by atoms with Crippen LogP contribution >= 0.6 is 35.3 Å². The average Bonchev–Trinajstić information content (AvgIpc) is 4.24. The summed E-state index contributed by atoms with van der Waals surface area (Å²) in [6.45, 7) is 14.2. The Morgan fingerprint density at radius 3 is 1.90 bits per heavy atom. The van der Waals surface area contributed by atoms with E-state index < -0.39 is 29.6 Å². The summed E-state index contributed by atoms with van der Waals surface area (Å²) in [5, 5.41) is 9.90. The first-order valence-corrected chi connectivity index (χ1v) is 26.1. The number of thiol groups is 1. The quantitative estimate of drug-likeness (QED) is 0.0864. The van der Waals surface area contributed by atoms with Gasteiger partial charge in [-0.2, -0.15) is 12.6 Å². The van der Waals surface area contributed by atoms with Gasteiger partial charge in [-0.3, -0.25) is 24.0 Å². The monoisotopic (exact) mass is 1010 g/mol. The molecule has 15 nitrogen and oxygen atoms in total. The Bertz CT molecular complexity index is 2960. The number of aryl methyl sites for hydroxylation is 3. The number of rotatable bonds is 15. The Balaban J connectivity index is 0.868. The molecule has 0 spiro atoms. The maximum Gasteiger partial charge on any atom is 0.255 e. The van der Waals surface area contributed by atoms with Crippen LogP contribution in [0.4, 0.5) is 0 Å². The molecule has 3 aromatic heterocycles. The Hall–Kier alpha value is -6.37. The maximum atomic E-state index is 14.6. The van der Waals surface area contributed by atoms with Gasteiger partial charge >= 0.3 is 0 Å². The summed E-state index contributed by atoms with van der Waals surface area (Å²) in [4.78, 5) is 86.8. The number of likely N-dealkylation sites (tertiary alicyclic amines) is 2. The van der Waals surface area contributed by atoms with E-state index >= 15 is 0 Å². The highest BCUT2D eigenvalue weighted by atomic mass is 32.1. The van der Waals surface area contributed by atoms with Gasteiger partial charge in [0.25, 0.3) is 5.91 Å². The van der Waals surface area contributed by atoms with Crippen molar-refractivity contribution in [3.05, 3.63) is 129 Å². The lowest BCUT2D eigenvalue weighted by Gasteiger charge is -2.35. The Morgan fingerprint density at radius 1 is 0.803 bits per heavy atom. The highest BCUT2D eigenvalue weighted by molar-refractivity contribution is 7.81. The van der Waals surface area contributed by atoms with Crippen molar-refractivity contribution in [3.63, 3.8) is 0 Å². The number of amides is 5. The molecule has 5 amide bonds. The lowest BCUT2D eigenvalue weighted by Crippen LogP contribution is -2.55. The molecule has 0 unspecified atom stereocenters. The van der Waals surface area contributed by atoms with Gasteiger partial charge < -0.3 is 34.6 Å². The van der Waals surface area contributed by atoms with Gasteiger partial charge in [0, 0.05) is 49.5 Å². The molecule has 0 radical (unpaired) electrons. The molecule has 2 N–H and O–H groups in total. The second-order valence-corrected chi connectivity index (χ2v) is 22.0. The van der Waals surface area contributed by atoms with Crippen LogP contribution in [-0.4, -0.2) is 102 Å². The SMILES string of the molecule is Cc1cc(C(C)(C)C(=O)N2C[C@H](Oc3ccc4c(c3)CN([C@H](C(=O)N3C[C@H](S)C[C@H]3C(=O)NCc3ccc(-c5scnc5C)cc3)C(C)C)C4=O)C[C@H]2C(=O)NCc2ccc(-c3scnc3C)cc2)on1. The topological polar surface area (TPSA) is 180 Å². The summed E-state index contributed by atoms with van der Waals surface area (Å²) in [7, 11) is 0. The molecule has 71 heavy (non-hydrogen) atoms. The van der Waals surface area contributed by atoms with Gasteiger partial charge in [0.2, 0.25) is 23.6 Å². The van der Waals surface area contributed by atoms with Crippen molar-refractivity contribution < 1.29 is 33.2 Å². The van der Waals surface area contributed by atoms with Crippen LogP contribution in [0, 0.1) is 26.7 Å². The molecule has 3 aromatic carbocycles. The minimum absolute atomic E-state index is 0.124. The van der Waals surface area contributed by atoms with E-state index in [1.165, 1.54) is 0 Å². The lowest BCUT2D eigenvalue weighted by atomic mass is 9.88. The fourth-order valence-corrected chi connectivity index (χ4v) is 11.9. The molecule has 0 bridgehead atoms. The third kappa shape index (κ3) is 10.2. The molecule has 6 aromatic rings. The number of nitrogens with one attached hydrogen (secondary N) is 2. The highest BCUT2D eigenvalue weighted by Crippen LogP contribution is 2.36. The minimum atomic E-state index is -1.14. The molecule has 2 saturated heterocycles. The normalized spacial score (nSPS) is 19.3. The number of hydrogen-bond donors (Lipinski definition) is 3. The van der Waals surface area contributed by atoms with Gasteiger partial charge in [-0.25, -0.2) is 9.97 Å². The predicted octanol–water partition coefficient (Wildman–Crippen LogP) is 7.69. The van der Waals surface area contributed by atoms with E-state index in [1.807, 2.05) is 87.2 Å². The molecule has 3 aliphatic heterocycles. The standard InChI is InChI=1S/C53H58N8O7S3/c1-29(2)45(51(65)59-26-40(69)21-43(59)49(63)55-23-34-10-14-36(15-11-34)47-32(5)57-28-71-47)61-24-37-19-38(16-17-41(37)50(61)64)67-39-20-42(60(25-39)52(66)53(6,7)44-18-30(3)58-68-44)48(62)54-22-33-8-12-35(13-9-33)46-31(4)56-27-70-46/h8-19,27-29,39-40,42-43,45,69H,20-26H2,1-7H3,(H,54,62)(H,55,63)/t39-,40-,42+,43+,45+/m1/s1. The number of carbonyl (C=O) groups is 5. The van der Waals surface area contributed by atoms with Crippen LogP contribution in [0.3, 0.4) is 0 Å². The number of ether oxygens (including phenoxy) is 1. The molecule has 0 saturated carbocycles. The van der Waals surface area contributed by atoms with Crippen molar-refractivity contribution in [1.29, 1.82) is 0 Å². The minimum Gasteiger partial charge on any atom is -0.488 e. The van der Waals surface area contributed by atoms with Crippen LogP contribution in [0.1, 0.15) is 90.4 Å². The van der Waals surface area contributed by atoms with Gasteiger partial charge in [0.1, 0.15) is 35.4 Å². The van der Waals surface area contributed by atoms with Gasteiger partial charge in [-0.15, -0.1) is 22.7 Å². The largest absolute Gasteiger partial charge is 0.488 e. The first-order chi connectivity index (χ1) is 34.0. The van der Waals surface area contributed by atoms with Crippen molar-refractivity contribution in [2.45, 2.75) is 116 Å². The third-order valence-corrected chi connectivity index (χ3v) is 16.1. The Morgan fingerprint density at radius 2 is 1.38 bits per heavy atom. The van der Waals surface area contributed by atoms with Crippen molar-refractivity contribution in [2.75, 3.05) is 13.1 Å². The summed E-state index contributed by atoms with van der Waals surface area (Å²) in [6.07, 6.45) is 0.0327. The zero-order valence-electron chi connectivity index (χ0n) is 40.8. The van der Waals surface area contributed by atoms with E-state index in [0.29, 0.717) is 41.3 Å². The summed E-state index contributed by atoms with van der Waals surface area (Å²) in [6, 6.07) is 20.5. The zero-order valence-corrected chi connectivity index (χ0v) is 43.3. The van der Waals surface area contributed by atoms with E-state index in [-0.39, 0.29) is 73.3 Å². The maximum absolute atomic E-state index is 14.6. The molecular weight excluding hydrogens is 957 g/mol. The fraction of sp³-hybridized carbons (Fsp3) is 0.396. The number of benzene rings is 3. The van der Waals surface area contributed by atoms with Crippen molar-refractivity contribution in [3.8, 4) is 26.6 Å². The molecule has 5 atom stereocenters. The first kappa shape index (κ1) is 49.6. The first-order valence-electron chi connectivity index (χ1n) is 23.8. The van der Waals surface area contributed by atoms with Crippen LogP contribution in [0.2, 0.25) is 0 Å². The lowest BCUT2D eigenvalue weighted by molar-refractivity contribution is -0.143. The fourth-order valence-electron chi connectivity index (χ4n) is 9.86. The van der Waals surface area contributed by atoms with Gasteiger partial charge in [0.05, 0.1) is 44.4 Å². The number of fused-ring (bicyclic) bond motifs is 1. The summed E-state index contributed by atoms with van der Waals surface area (Å²) in [5.74, 6) is -0.898. The second-order valence-electron chi connectivity index (χ2n) is 19.6. The molecule has 6 heterocycles. The molecule has 370 valence electrons. The summed E-state index contributed by atoms with van der Waals surface area (Å²) in [5.41, 5.74) is 10.2. The molecule has 0 aliphatic carbocycles. The summed E-state index contributed by atoms with van der Waals surface area (Å²) >= 11 is 7.88. The third-order valence-electron chi connectivity index (χ3n) is 13.8. The average molecular weight is 1020 g/mol. The van der Waals surface area contributed by atoms with Crippen LogP contribution in [-0.2, 0) is 44.2 Å². The smallest absolute Gasteiger partial charge is 0.255 e. The molecule has 3 aliphatic rings. The van der Waals surface area contributed by atoms with E-state index in [4.69, 9.17) is 21.9 Å². The van der Waals surface area contributed by atoms with Crippen molar-refractivity contribution in [2.24, 2.45) is 5.92 Å². The van der Waals surface area contributed by atoms with Crippen LogP contribution in [0.25, 0.3) is 20.9 Å². The predicted molar refractivity (Wildman–Crippen MR) is 275 cm³/mol. The van der Waals surface area contributed by atoms with E-state index in [2.05, 4.69) is 25.8 Å². The number of nitrogens with zero attached hydrogens (tertiary/aromatic N) is 6. The number of thiazole rings is 2. The molecule has 18 heteroatoms. The van der Waals surface area contributed by atoms with Crippen molar-refractivity contribution >= 4 is 64.8 Å². The van der Waals surface area contributed by atoms with Gasteiger partial charge in [-0.05, 0) is 93.0 Å². The number of hydrogen-bond acceptors (Lipinski definition) is 13. The van der Waals surface area contributed by atoms with Crippen LogP contribution in [0.5, 0.6) is 5.75 Å². The number of aromatic nitrogens is 3. The van der Waals surface area contributed by atoms with Crippen molar-refractivity contribution in [1.82, 2.24) is 40.5 Å². The summed E-state index contributed by atoms with van der Waals surface area (Å²) < 4.78 is 12.1. The van der Waals surface area contributed by atoms with E-state index in [1.54, 1.807) is 82.4 Å². The molecular formula is C53H58N8O7S3.